The zero-order valence-electron chi connectivity index (χ0n) is 8.45. The average molecular weight is 209 g/mol. The lowest BCUT2D eigenvalue weighted by Crippen LogP contribution is -2.20. The second-order valence-corrected chi connectivity index (χ2v) is 4.10. The molecule has 0 aliphatic heterocycles. The molecule has 0 saturated heterocycles. The van der Waals surface area contributed by atoms with Crippen molar-refractivity contribution in [2.24, 2.45) is 11.7 Å². The molecule has 3 heteroatoms. The first-order chi connectivity index (χ1) is 6.50. The number of aromatic hydroxyl groups is 1. The fourth-order valence-electron chi connectivity index (χ4n) is 1.30. The lowest BCUT2D eigenvalue weighted by molar-refractivity contribution is 0.470. The van der Waals surface area contributed by atoms with Crippen molar-refractivity contribution in [3.63, 3.8) is 0 Å². The molecule has 3 N–H and O–H groups in total. The zero-order valence-corrected chi connectivity index (χ0v) is 9.27. The highest BCUT2D eigenvalue weighted by Crippen LogP contribution is 2.19. The van der Waals surface area contributed by atoms with Gasteiger partial charge in [-0.05, 0) is 30.5 Å². The van der Waals surface area contributed by atoms with Crippen molar-refractivity contribution in [1.82, 2.24) is 0 Å². The Morgan fingerprint density at radius 3 is 2.71 bits per heavy atom. The Morgan fingerprint density at radius 2 is 2.21 bits per heavy atom. The van der Waals surface area contributed by atoms with E-state index in [4.69, 9.17) is 18.0 Å². The topological polar surface area (TPSA) is 46.2 Å². The van der Waals surface area contributed by atoms with Crippen LogP contribution in [-0.2, 0) is 6.42 Å². The Labute approximate surface area is 89.7 Å². The smallest absolute Gasteiger partial charge is 0.118 e. The number of hydrogen-bond acceptors (Lipinski definition) is 2. The number of aryl methyl sites for hydroxylation is 1. The highest BCUT2D eigenvalue weighted by molar-refractivity contribution is 7.80. The van der Waals surface area contributed by atoms with Crippen LogP contribution in [0.5, 0.6) is 5.75 Å². The van der Waals surface area contributed by atoms with Crippen LogP contribution in [0, 0.1) is 12.8 Å². The summed E-state index contributed by atoms with van der Waals surface area (Å²) in [6.07, 6.45) is 0.830. The van der Waals surface area contributed by atoms with Crippen LogP contribution in [0.3, 0.4) is 0 Å². The SMILES string of the molecule is Cc1cc(CC(C)C(N)=S)ccc1O. The van der Waals surface area contributed by atoms with E-state index in [0.29, 0.717) is 10.7 Å². The number of rotatable bonds is 3. The fraction of sp³-hybridized carbons (Fsp3) is 0.364. The second-order valence-electron chi connectivity index (χ2n) is 3.63. The molecule has 0 fully saturated rings. The van der Waals surface area contributed by atoms with Crippen molar-refractivity contribution in [2.45, 2.75) is 20.3 Å². The van der Waals surface area contributed by atoms with Crippen molar-refractivity contribution < 1.29 is 5.11 Å². The lowest BCUT2D eigenvalue weighted by atomic mass is 9.99. The minimum atomic E-state index is 0.203. The van der Waals surface area contributed by atoms with Gasteiger partial charge in [0.2, 0.25) is 0 Å². The molecule has 1 rings (SSSR count). The first kappa shape index (κ1) is 11.0. The molecule has 1 unspecified atom stereocenters. The highest BCUT2D eigenvalue weighted by atomic mass is 32.1. The summed E-state index contributed by atoms with van der Waals surface area (Å²) in [6.45, 7) is 3.88. The Balaban J connectivity index is 2.78. The van der Waals surface area contributed by atoms with Gasteiger partial charge in [0.25, 0.3) is 0 Å². The Hall–Kier alpha value is -1.09. The molecular weight excluding hydrogens is 194 g/mol. The van der Waals surface area contributed by atoms with Crippen molar-refractivity contribution in [1.29, 1.82) is 0 Å². The maximum atomic E-state index is 9.34. The number of nitrogens with two attached hydrogens (primary N) is 1. The summed E-state index contributed by atoms with van der Waals surface area (Å²) < 4.78 is 0. The molecule has 14 heavy (non-hydrogen) atoms. The van der Waals surface area contributed by atoms with Crippen LogP contribution in [0.25, 0.3) is 0 Å². The van der Waals surface area contributed by atoms with E-state index < -0.39 is 0 Å². The van der Waals surface area contributed by atoms with Gasteiger partial charge in [-0.3, -0.25) is 0 Å². The summed E-state index contributed by atoms with van der Waals surface area (Å²) in [5, 5.41) is 9.34. The minimum absolute atomic E-state index is 0.203. The third-order valence-electron chi connectivity index (χ3n) is 2.29. The van der Waals surface area contributed by atoms with E-state index >= 15 is 0 Å². The number of phenolic OH excluding ortho intramolecular Hbond substituents is 1. The molecule has 1 aromatic carbocycles. The largest absolute Gasteiger partial charge is 0.508 e. The van der Waals surface area contributed by atoms with Gasteiger partial charge in [-0.15, -0.1) is 0 Å². The van der Waals surface area contributed by atoms with E-state index in [1.165, 1.54) is 0 Å². The Kier molecular flexibility index (Phi) is 3.47. The van der Waals surface area contributed by atoms with E-state index in [-0.39, 0.29) is 5.92 Å². The molecule has 0 saturated carbocycles. The van der Waals surface area contributed by atoms with Gasteiger partial charge < -0.3 is 10.8 Å². The van der Waals surface area contributed by atoms with E-state index in [0.717, 1.165) is 17.5 Å². The van der Waals surface area contributed by atoms with Gasteiger partial charge >= 0.3 is 0 Å². The number of phenols is 1. The molecule has 0 bridgehead atoms. The van der Waals surface area contributed by atoms with Gasteiger partial charge in [0, 0.05) is 5.92 Å². The maximum absolute atomic E-state index is 9.34. The predicted octanol–water partition coefficient (Wildman–Crippen LogP) is 2.17. The highest BCUT2D eigenvalue weighted by Gasteiger charge is 2.07. The molecular formula is C11H15NOS. The van der Waals surface area contributed by atoms with Crippen LogP contribution >= 0.6 is 12.2 Å². The van der Waals surface area contributed by atoms with Crippen LogP contribution < -0.4 is 5.73 Å². The predicted molar refractivity (Wildman–Crippen MR) is 62.5 cm³/mol. The molecule has 0 radical (unpaired) electrons. The van der Waals surface area contributed by atoms with Gasteiger partial charge in [-0.25, -0.2) is 0 Å². The lowest BCUT2D eigenvalue weighted by Gasteiger charge is -2.10. The van der Waals surface area contributed by atoms with Crippen molar-refractivity contribution in [3.05, 3.63) is 29.3 Å². The van der Waals surface area contributed by atoms with Crippen molar-refractivity contribution >= 4 is 17.2 Å². The van der Waals surface area contributed by atoms with Gasteiger partial charge in [0.05, 0.1) is 4.99 Å². The molecule has 76 valence electrons. The zero-order chi connectivity index (χ0) is 10.7. The van der Waals surface area contributed by atoms with Gasteiger partial charge in [-0.1, -0.05) is 31.3 Å². The molecule has 2 nitrogen and oxygen atoms in total. The molecule has 0 aromatic heterocycles. The van der Waals surface area contributed by atoms with Gasteiger partial charge in [0.15, 0.2) is 0 Å². The van der Waals surface area contributed by atoms with Crippen LogP contribution in [-0.4, -0.2) is 10.1 Å². The quantitative estimate of drug-likeness (QED) is 0.750. The fourth-order valence-corrected chi connectivity index (χ4v) is 1.38. The van der Waals surface area contributed by atoms with Gasteiger partial charge in [0.1, 0.15) is 5.75 Å². The van der Waals surface area contributed by atoms with Gasteiger partial charge in [-0.2, -0.15) is 0 Å². The molecule has 0 spiro atoms. The molecule has 0 aliphatic rings. The standard InChI is InChI=1S/C11H15NOS/c1-7-5-9(3-4-10(7)13)6-8(2)11(12)14/h3-5,8,13H,6H2,1-2H3,(H2,12,14). The summed E-state index contributed by atoms with van der Waals surface area (Å²) >= 11 is 4.90. The first-order valence-electron chi connectivity index (χ1n) is 4.58. The third-order valence-corrected chi connectivity index (χ3v) is 2.69. The molecule has 0 heterocycles. The maximum Gasteiger partial charge on any atom is 0.118 e. The minimum Gasteiger partial charge on any atom is -0.508 e. The molecule has 0 amide bonds. The monoisotopic (exact) mass is 209 g/mol. The van der Waals surface area contributed by atoms with Crippen LogP contribution in [0.15, 0.2) is 18.2 Å². The number of hydrogen-bond donors (Lipinski definition) is 2. The van der Waals surface area contributed by atoms with Crippen LogP contribution in [0.2, 0.25) is 0 Å². The number of thiocarbonyl (C=S) groups is 1. The normalized spacial score (nSPS) is 12.4. The van der Waals surface area contributed by atoms with E-state index in [9.17, 15) is 5.11 Å². The summed E-state index contributed by atoms with van der Waals surface area (Å²) in [6, 6.07) is 5.57. The van der Waals surface area contributed by atoms with Crippen molar-refractivity contribution in [3.8, 4) is 5.75 Å². The second kappa shape index (κ2) is 4.42. The van der Waals surface area contributed by atoms with Crippen molar-refractivity contribution in [2.75, 3.05) is 0 Å². The summed E-state index contributed by atoms with van der Waals surface area (Å²) in [5.74, 6) is 0.533. The van der Waals surface area contributed by atoms with Crippen LogP contribution in [0.4, 0.5) is 0 Å². The third kappa shape index (κ3) is 2.70. The summed E-state index contributed by atoms with van der Waals surface area (Å²) in [5.41, 5.74) is 7.57. The summed E-state index contributed by atoms with van der Waals surface area (Å²) in [7, 11) is 0. The first-order valence-corrected chi connectivity index (χ1v) is 4.99. The summed E-state index contributed by atoms with van der Waals surface area (Å²) in [4.78, 5) is 0.538. The average Bonchev–Trinajstić information content (AvgIpc) is 2.11. The van der Waals surface area contributed by atoms with Crippen LogP contribution in [0.1, 0.15) is 18.1 Å². The van der Waals surface area contributed by atoms with E-state index in [1.54, 1.807) is 6.07 Å². The molecule has 1 atom stereocenters. The number of benzene rings is 1. The molecule has 1 aromatic rings. The Bertz CT molecular complexity index is 349. The van der Waals surface area contributed by atoms with E-state index in [2.05, 4.69) is 0 Å². The molecule has 0 aliphatic carbocycles. The van der Waals surface area contributed by atoms with E-state index in [1.807, 2.05) is 26.0 Å². The Morgan fingerprint density at radius 1 is 1.57 bits per heavy atom.